The lowest BCUT2D eigenvalue weighted by molar-refractivity contribution is -0.108. The smallest absolute Gasteiger partial charge is 0.256 e. The Labute approximate surface area is 419 Å². The Balaban J connectivity index is 2.58. The third-order valence-electron chi connectivity index (χ3n) is 8.29. The van der Waals surface area contributed by atoms with Crippen molar-refractivity contribution in [2.24, 2.45) is 11.5 Å². The van der Waals surface area contributed by atoms with E-state index in [1.54, 1.807) is 136 Å². The Morgan fingerprint density at radius 2 is 0.814 bits per heavy atom. The minimum atomic E-state index is -1.52. The van der Waals surface area contributed by atoms with Gasteiger partial charge in [-0.2, -0.15) is 0 Å². The quantitative estimate of drug-likeness (QED) is 0.0438. The van der Waals surface area contributed by atoms with Crippen LogP contribution in [-0.4, -0.2) is 177 Å². The van der Waals surface area contributed by atoms with Gasteiger partial charge in [0.2, 0.25) is 12.8 Å². The first-order valence-electron chi connectivity index (χ1n) is 16.9. The van der Waals surface area contributed by atoms with Crippen LogP contribution in [0.2, 0.25) is 0 Å². The van der Waals surface area contributed by atoms with Crippen LogP contribution in [0.3, 0.4) is 0 Å². The van der Waals surface area contributed by atoms with Gasteiger partial charge in [-0.05, 0) is 136 Å². The Hall–Kier alpha value is -0.680. The fourth-order valence-electron chi connectivity index (χ4n) is 5.64. The van der Waals surface area contributed by atoms with Gasteiger partial charge in [0.15, 0.2) is 0 Å². The van der Waals surface area contributed by atoms with Crippen molar-refractivity contribution in [3.05, 3.63) is 43.7 Å². The summed E-state index contributed by atoms with van der Waals surface area (Å²) in [5.41, 5.74) is 10.9. The molecular formula is C33H40I6N6O14. The average molecular weight is 1510 g/mol. The molecule has 2 aromatic carbocycles. The summed E-state index contributed by atoms with van der Waals surface area (Å²) in [6.07, 6.45) is -5.60. The highest BCUT2D eigenvalue weighted by Gasteiger charge is 2.35. The topological polar surface area (TPSA) is 329 Å². The van der Waals surface area contributed by atoms with E-state index in [2.05, 4.69) is 0 Å². The van der Waals surface area contributed by atoms with Gasteiger partial charge < -0.3 is 71.9 Å². The van der Waals surface area contributed by atoms with Gasteiger partial charge in [0.25, 0.3) is 23.6 Å². The summed E-state index contributed by atoms with van der Waals surface area (Å²) in [5.74, 6) is -3.47. The first-order chi connectivity index (χ1) is 27.7. The lowest BCUT2D eigenvalue weighted by Crippen LogP contribution is -2.42. The van der Waals surface area contributed by atoms with Crippen LogP contribution < -0.4 is 21.3 Å². The molecule has 20 nitrogen and oxygen atoms in total. The normalized spacial score (nSPS) is 13.3. The zero-order chi connectivity index (χ0) is 45.0. The number of nitrogens with zero attached hydrogens (tertiary/aromatic N) is 4. The van der Waals surface area contributed by atoms with E-state index in [-0.39, 0.29) is 81.2 Å². The van der Waals surface area contributed by atoms with Crippen LogP contribution in [0.4, 0.5) is 11.4 Å². The summed E-state index contributed by atoms with van der Waals surface area (Å²) >= 11 is 10.5. The maximum Gasteiger partial charge on any atom is 0.256 e. The van der Waals surface area contributed by atoms with Crippen LogP contribution in [0.25, 0.3) is 0 Å². The minimum absolute atomic E-state index is 0.00518. The highest BCUT2D eigenvalue weighted by Crippen LogP contribution is 2.40. The zero-order valence-corrected chi connectivity index (χ0v) is 43.4. The summed E-state index contributed by atoms with van der Waals surface area (Å²) in [7, 11) is 0. The van der Waals surface area contributed by atoms with E-state index in [1.807, 2.05) is 0 Å². The van der Waals surface area contributed by atoms with E-state index in [9.17, 15) is 69.6 Å². The standard InChI is InChI=1S/C33H40I6N6O14/c34-22-18(30(40)56)24(36)28(26(38)20(22)32(58)42(1-3-46)8-16(54)10-48)44(12-50)6-14(52)5-15(53)7-45(13-51)29-25(37)19(31(41)57)23(35)21(27(29)39)33(59)43(2-4-47)9-17(55)11-49/h12-17,46-49,52-55H,1-11H2,(H2,40,56)(H2,41,57). The molecule has 0 aromatic heterocycles. The van der Waals surface area contributed by atoms with Crippen molar-refractivity contribution in [1.82, 2.24) is 9.80 Å². The molecule has 4 atom stereocenters. The molecule has 328 valence electrons. The van der Waals surface area contributed by atoms with Gasteiger partial charge in [-0.25, -0.2) is 0 Å². The van der Waals surface area contributed by atoms with Crippen LogP contribution in [0.1, 0.15) is 47.9 Å². The highest BCUT2D eigenvalue weighted by molar-refractivity contribution is 14.1. The second-order valence-corrected chi connectivity index (χ2v) is 19.0. The number of nitrogens with two attached hydrogens (primary N) is 2. The van der Waals surface area contributed by atoms with Gasteiger partial charge in [0.1, 0.15) is 0 Å². The van der Waals surface area contributed by atoms with E-state index in [4.69, 9.17) is 11.5 Å². The molecule has 4 unspecified atom stereocenters. The number of hydrogen-bond donors (Lipinski definition) is 10. The minimum Gasteiger partial charge on any atom is -0.395 e. The molecule has 0 saturated carbocycles. The predicted octanol–water partition coefficient (Wildman–Crippen LogP) is -1.17. The van der Waals surface area contributed by atoms with Crippen LogP contribution in [0.5, 0.6) is 0 Å². The number of aliphatic hydroxyl groups is 8. The van der Waals surface area contributed by atoms with Gasteiger partial charge in [-0.1, -0.05) is 0 Å². The lowest BCUT2D eigenvalue weighted by atomic mass is 10.0. The summed E-state index contributed by atoms with van der Waals surface area (Å²) < 4.78 is 0.728. The Morgan fingerprint density at radius 3 is 1.07 bits per heavy atom. The molecule has 0 radical (unpaired) electrons. The fraction of sp³-hybridized carbons (Fsp3) is 0.455. The summed E-state index contributed by atoms with van der Waals surface area (Å²) in [5, 5.41) is 80.5. The molecule has 12 N–H and O–H groups in total. The number of primary amides is 2. The van der Waals surface area contributed by atoms with Crippen molar-refractivity contribution < 1.29 is 69.6 Å². The molecule has 0 heterocycles. The van der Waals surface area contributed by atoms with Crippen LogP contribution in [0, 0.1) is 21.4 Å². The monoisotopic (exact) mass is 1510 g/mol. The number of carbonyl (C=O) groups excluding carboxylic acids is 6. The second-order valence-electron chi connectivity index (χ2n) is 12.5. The van der Waals surface area contributed by atoms with Gasteiger partial charge in [-0.3, -0.25) is 28.8 Å². The van der Waals surface area contributed by atoms with Crippen LogP contribution >= 0.6 is 136 Å². The van der Waals surface area contributed by atoms with Gasteiger partial charge in [-0.15, -0.1) is 0 Å². The molecule has 0 spiro atoms. The molecule has 59 heavy (non-hydrogen) atoms. The molecule has 2 aromatic rings. The molecule has 0 aliphatic rings. The fourth-order valence-corrected chi connectivity index (χ4v) is 15.2. The summed E-state index contributed by atoms with van der Waals surface area (Å²) in [6, 6.07) is 0. The first-order valence-corrected chi connectivity index (χ1v) is 23.3. The predicted molar refractivity (Wildman–Crippen MR) is 262 cm³/mol. The average Bonchev–Trinajstić information content (AvgIpc) is 3.15. The van der Waals surface area contributed by atoms with Crippen LogP contribution in [0.15, 0.2) is 0 Å². The Kier molecular flexibility index (Phi) is 23.6. The van der Waals surface area contributed by atoms with Gasteiger partial charge in [0.05, 0.1) is 112 Å². The van der Waals surface area contributed by atoms with Gasteiger partial charge in [0, 0.05) is 39.7 Å². The van der Waals surface area contributed by atoms with Crippen molar-refractivity contribution in [1.29, 1.82) is 0 Å². The number of halogens is 6. The number of rotatable bonds is 24. The van der Waals surface area contributed by atoms with Gasteiger partial charge >= 0.3 is 0 Å². The van der Waals surface area contributed by atoms with Crippen molar-refractivity contribution >= 4 is 183 Å². The number of carbonyl (C=O) groups is 6. The number of aliphatic hydroxyl groups excluding tert-OH is 8. The largest absolute Gasteiger partial charge is 0.395 e. The number of anilines is 2. The molecule has 6 amide bonds. The summed E-state index contributed by atoms with van der Waals surface area (Å²) in [4.78, 5) is 82.4. The molecule has 0 aliphatic carbocycles. The van der Waals surface area contributed by atoms with E-state index in [0.717, 1.165) is 19.6 Å². The maximum atomic E-state index is 13.9. The summed E-state index contributed by atoms with van der Waals surface area (Å²) in [6.45, 7) is -4.76. The number of hydrogen-bond acceptors (Lipinski definition) is 14. The molecule has 0 aliphatic heterocycles. The molecule has 0 bridgehead atoms. The number of amides is 6. The maximum absolute atomic E-state index is 13.9. The van der Waals surface area contributed by atoms with Crippen molar-refractivity contribution in [3.8, 4) is 0 Å². The Bertz CT molecular complexity index is 1770. The number of benzene rings is 2. The molecule has 0 saturated heterocycles. The van der Waals surface area contributed by atoms with E-state index < -0.39 is 94.0 Å². The lowest BCUT2D eigenvalue weighted by Gasteiger charge is -2.30. The molecule has 0 fully saturated rings. The molecule has 2 rings (SSSR count). The zero-order valence-electron chi connectivity index (χ0n) is 30.5. The molecular weight excluding hydrogens is 1470 g/mol. The third-order valence-corrected chi connectivity index (χ3v) is 14.7. The first kappa shape index (κ1) is 54.5. The van der Waals surface area contributed by atoms with Crippen molar-refractivity contribution in [2.75, 3.05) is 75.5 Å². The van der Waals surface area contributed by atoms with E-state index in [1.165, 1.54) is 0 Å². The second kappa shape index (κ2) is 25.6. The SMILES string of the molecule is NC(=O)c1c(I)c(C(=O)N(CCO)CC(O)CO)c(I)c(N(C=O)CC(O)CC(O)CN(C=O)c2c(I)c(C(N)=O)c(I)c(C(=O)N(CCO)CC(O)CO)c2I)c1I. The highest BCUT2D eigenvalue weighted by atomic mass is 127. The van der Waals surface area contributed by atoms with Crippen molar-refractivity contribution in [3.63, 3.8) is 0 Å². The third kappa shape index (κ3) is 13.7. The van der Waals surface area contributed by atoms with E-state index in [0.29, 0.717) is 12.8 Å². The van der Waals surface area contributed by atoms with Crippen LogP contribution in [-0.2, 0) is 9.59 Å². The van der Waals surface area contributed by atoms with Crippen molar-refractivity contribution in [2.45, 2.75) is 30.8 Å². The molecule has 26 heteroatoms. The Morgan fingerprint density at radius 1 is 0.508 bits per heavy atom. The van der Waals surface area contributed by atoms with E-state index >= 15 is 0 Å².